The van der Waals surface area contributed by atoms with Crippen molar-refractivity contribution in [3.63, 3.8) is 0 Å². The Bertz CT molecular complexity index is 1060. The second-order valence-corrected chi connectivity index (χ2v) is 8.41. The Labute approximate surface area is 163 Å². The molecule has 3 aromatic rings. The van der Waals surface area contributed by atoms with Crippen molar-refractivity contribution in [3.05, 3.63) is 66.2 Å². The van der Waals surface area contributed by atoms with E-state index in [9.17, 15) is 12.8 Å². The molecule has 1 aromatic heterocycles. The number of hydrogen-bond acceptors (Lipinski definition) is 4. The second-order valence-electron chi connectivity index (χ2n) is 6.33. The zero-order valence-electron chi connectivity index (χ0n) is 15.7. The van der Waals surface area contributed by atoms with E-state index in [2.05, 4.69) is 10.3 Å². The molecule has 3 rings (SSSR count). The SMILES string of the molecule is CN=C(NCCS(=O)(=O)c1ccccc1F)N(C)Cc1cc2ccccc2o1. The van der Waals surface area contributed by atoms with Gasteiger partial charge in [-0.15, -0.1) is 0 Å². The Morgan fingerprint density at radius 2 is 1.89 bits per heavy atom. The predicted molar refractivity (Wildman–Crippen MR) is 107 cm³/mol. The maximum atomic E-state index is 13.8. The highest BCUT2D eigenvalue weighted by Crippen LogP contribution is 2.19. The average Bonchev–Trinajstić information content (AvgIpc) is 3.07. The summed E-state index contributed by atoms with van der Waals surface area (Å²) in [5, 5.41) is 4.02. The lowest BCUT2D eigenvalue weighted by atomic mass is 10.2. The minimum atomic E-state index is -3.73. The molecule has 0 spiro atoms. The summed E-state index contributed by atoms with van der Waals surface area (Å²) >= 11 is 0. The van der Waals surface area contributed by atoms with Crippen molar-refractivity contribution >= 4 is 26.8 Å². The third-order valence-electron chi connectivity index (χ3n) is 4.27. The average molecular weight is 403 g/mol. The molecule has 0 unspecified atom stereocenters. The van der Waals surface area contributed by atoms with Crippen molar-refractivity contribution in [1.82, 2.24) is 10.2 Å². The van der Waals surface area contributed by atoms with E-state index in [0.717, 1.165) is 22.8 Å². The van der Waals surface area contributed by atoms with Crippen LogP contribution in [0.4, 0.5) is 4.39 Å². The maximum absolute atomic E-state index is 13.8. The van der Waals surface area contributed by atoms with E-state index in [-0.39, 0.29) is 17.2 Å². The van der Waals surface area contributed by atoms with Gasteiger partial charge in [0, 0.05) is 26.0 Å². The largest absolute Gasteiger partial charge is 0.459 e. The molecule has 0 saturated heterocycles. The van der Waals surface area contributed by atoms with Gasteiger partial charge in [-0.25, -0.2) is 12.8 Å². The van der Waals surface area contributed by atoms with E-state index in [1.807, 2.05) is 42.3 Å². The van der Waals surface area contributed by atoms with Gasteiger partial charge in [-0.05, 0) is 24.3 Å². The number of fused-ring (bicyclic) bond motifs is 1. The lowest BCUT2D eigenvalue weighted by Crippen LogP contribution is -2.40. The van der Waals surface area contributed by atoms with Crippen molar-refractivity contribution in [1.29, 1.82) is 0 Å². The van der Waals surface area contributed by atoms with Crippen LogP contribution in [-0.2, 0) is 16.4 Å². The molecule has 0 fully saturated rings. The molecule has 0 aliphatic carbocycles. The maximum Gasteiger partial charge on any atom is 0.193 e. The summed E-state index contributed by atoms with van der Waals surface area (Å²) in [7, 11) is -0.285. The smallest absolute Gasteiger partial charge is 0.193 e. The number of hydrogen-bond donors (Lipinski definition) is 1. The van der Waals surface area contributed by atoms with Crippen LogP contribution in [0.2, 0.25) is 0 Å². The molecule has 8 heteroatoms. The minimum Gasteiger partial charge on any atom is -0.459 e. The summed E-state index contributed by atoms with van der Waals surface area (Å²) < 4.78 is 44.2. The van der Waals surface area contributed by atoms with E-state index < -0.39 is 15.7 Å². The first-order valence-electron chi connectivity index (χ1n) is 8.77. The minimum absolute atomic E-state index is 0.105. The number of nitrogens with one attached hydrogen (secondary N) is 1. The molecule has 0 aliphatic rings. The van der Waals surface area contributed by atoms with E-state index >= 15 is 0 Å². The van der Waals surface area contributed by atoms with Gasteiger partial charge in [0.25, 0.3) is 0 Å². The van der Waals surface area contributed by atoms with Gasteiger partial charge in [0.05, 0.1) is 12.3 Å². The summed E-state index contributed by atoms with van der Waals surface area (Å²) in [6, 6.07) is 15.1. The molecule has 1 heterocycles. The fourth-order valence-electron chi connectivity index (χ4n) is 2.91. The third-order valence-corrected chi connectivity index (χ3v) is 6.01. The molecule has 0 saturated carbocycles. The number of nitrogens with zero attached hydrogens (tertiary/aromatic N) is 2. The van der Waals surface area contributed by atoms with Crippen LogP contribution < -0.4 is 5.32 Å². The van der Waals surface area contributed by atoms with Gasteiger partial charge in [-0.1, -0.05) is 30.3 Å². The topological polar surface area (TPSA) is 74.9 Å². The molecule has 0 bridgehead atoms. The van der Waals surface area contributed by atoms with Gasteiger partial charge < -0.3 is 14.6 Å². The Kier molecular flexibility index (Phi) is 5.99. The fraction of sp³-hybridized carbons (Fsp3) is 0.250. The molecular formula is C20H22FN3O3S. The molecule has 28 heavy (non-hydrogen) atoms. The van der Waals surface area contributed by atoms with Gasteiger partial charge in [0.2, 0.25) is 0 Å². The van der Waals surface area contributed by atoms with Crippen molar-refractivity contribution < 1.29 is 17.2 Å². The van der Waals surface area contributed by atoms with E-state index in [1.54, 1.807) is 7.05 Å². The molecular weight excluding hydrogens is 381 g/mol. The third kappa shape index (κ3) is 4.51. The number of aliphatic imine (C=N–C) groups is 1. The number of furan rings is 1. The zero-order chi connectivity index (χ0) is 20.1. The van der Waals surface area contributed by atoms with Crippen LogP contribution in [0.3, 0.4) is 0 Å². The quantitative estimate of drug-likeness (QED) is 0.506. The standard InChI is InChI=1S/C20H22FN3O3S/c1-22-20(23-11-12-28(25,26)19-10-6-4-8-17(19)21)24(2)14-16-13-15-7-3-5-9-18(15)27-16/h3-10,13H,11-12,14H2,1-2H3,(H,22,23). The van der Waals surface area contributed by atoms with Crippen molar-refractivity contribution in [3.8, 4) is 0 Å². The molecule has 1 N–H and O–H groups in total. The van der Waals surface area contributed by atoms with Crippen LogP contribution in [0.1, 0.15) is 5.76 Å². The normalized spacial score (nSPS) is 12.3. The van der Waals surface area contributed by atoms with Crippen molar-refractivity contribution in [2.45, 2.75) is 11.4 Å². The monoisotopic (exact) mass is 403 g/mol. The Morgan fingerprint density at radius 3 is 2.61 bits per heavy atom. The molecule has 6 nitrogen and oxygen atoms in total. The molecule has 0 radical (unpaired) electrons. The van der Waals surface area contributed by atoms with Gasteiger partial charge in [0.1, 0.15) is 22.1 Å². The summed E-state index contributed by atoms with van der Waals surface area (Å²) in [4.78, 5) is 5.71. The van der Waals surface area contributed by atoms with Crippen molar-refractivity contribution in [2.75, 3.05) is 26.4 Å². The first-order chi connectivity index (χ1) is 13.4. The fourth-order valence-corrected chi connectivity index (χ4v) is 4.15. The lowest BCUT2D eigenvalue weighted by Gasteiger charge is -2.21. The number of halogens is 1. The van der Waals surface area contributed by atoms with Crippen LogP contribution in [0.15, 0.2) is 68.9 Å². The number of sulfone groups is 1. The van der Waals surface area contributed by atoms with Crippen LogP contribution in [0.25, 0.3) is 11.0 Å². The van der Waals surface area contributed by atoms with E-state index in [1.165, 1.54) is 18.2 Å². The first-order valence-corrected chi connectivity index (χ1v) is 10.4. The Hall–Kier alpha value is -2.87. The van der Waals surface area contributed by atoms with E-state index in [0.29, 0.717) is 12.5 Å². The highest BCUT2D eigenvalue weighted by Gasteiger charge is 2.19. The van der Waals surface area contributed by atoms with E-state index in [4.69, 9.17) is 4.42 Å². The molecule has 148 valence electrons. The number of guanidine groups is 1. The highest BCUT2D eigenvalue weighted by atomic mass is 32.2. The van der Waals surface area contributed by atoms with Gasteiger partial charge in [0.15, 0.2) is 15.8 Å². The number of benzene rings is 2. The summed E-state index contributed by atoms with van der Waals surface area (Å²) in [6.45, 7) is 0.572. The highest BCUT2D eigenvalue weighted by molar-refractivity contribution is 7.91. The Balaban J connectivity index is 1.60. The number of rotatable bonds is 6. The summed E-state index contributed by atoms with van der Waals surface area (Å²) in [6.07, 6.45) is 0. The summed E-state index contributed by atoms with van der Waals surface area (Å²) in [5.74, 6) is 0.300. The summed E-state index contributed by atoms with van der Waals surface area (Å²) in [5.41, 5.74) is 0.810. The van der Waals surface area contributed by atoms with Crippen LogP contribution in [-0.4, -0.2) is 45.7 Å². The lowest BCUT2D eigenvalue weighted by molar-refractivity contribution is 0.413. The Morgan fingerprint density at radius 1 is 1.18 bits per heavy atom. The first kappa shape index (κ1) is 19.9. The van der Waals surface area contributed by atoms with Crippen LogP contribution in [0.5, 0.6) is 0 Å². The van der Waals surface area contributed by atoms with Crippen LogP contribution in [0, 0.1) is 5.82 Å². The van der Waals surface area contributed by atoms with Gasteiger partial charge in [-0.2, -0.15) is 0 Å². The van der Waals surface area contributed by atoms with Gasteiger partial charge in [-0.3, -0.25) is 4.99 Å². The predicted octanol–water partition coefficient (Wildman–Crippen LogP) is 3.05. The molecule has 0 aliphatic heterocycles. The molecule has 2 aromatic carbocycles. The van der Waals surface area contributed by atoms with Crippen molar-refractivity contribution in [2.24, 2.45) is 4.99 Å². The number of para-hydroxylation sites is 1. The zero-order valence-corrected chi connectivity index (χ0v) is 16.5. The second kappa shape index (κ2) is 8.43. The molecule has 0 atom stereocenters. The molecule has 0 amide bonds. The van der Waals surface area contributed by atoms with Crippen LogP contribution >= 0.6 is 0 Å². The van der Waals surface area contributed by atoms with Gasteiger partial charge >= 0.3 is 0 Å².